The standard InChI is InChI=1S/C25H28BrF3N2O3/c1-16(17-5-7-19(26)8-6-17)22-14-24(23(30)32,10-12-33-22)31-11-9-21(15-31)34-20-4-2-3-18(13-20)25(27,28)29/h2-8,13,16,21-22H,9-12,14-15H2,1H3,(H2,30,32)/t16-,21?,22?,24?/m0/s1. The van der Waals surface area contributed by atoms with Crippen LogP contribution in [0.25, 0.3) is 0 Å². The van der Waals surface area contributed by atoms with Gasteiger partial charge in [0.05, 0.1) is 11.7 Å². The molecule has 2 fully saturated rings. The van der Waals surface area contributed by atoms with Crippen molar-refractivity contribution in [2.45, 2.75) is 56.0 Å². The Labute approximate surface area is 205 Å². The highest BCUT2D eigenvalue weighted by Gasteiger charge is 2.50. The molecule has 2 heterocycles. The predicted molar refractivity (Wildman–Crippen MR) is 126 cm³/mol. The fraction of sp³-hybridized carbons (Fsp3) is 0.480. The smallest absolute Gasteiger partial charge is 0.416 e. The molecule has 2 saturated heterocycles. The fourth-order valence-electron chi connectivity index (χ4n) is 4.99. The zero-order chi connectivity index (χ0) is 24.5. The third-order valence-electron chi connectivity index (χ3n) is 7.01. The third kappa shape index (κ3) is 5.26. The second-order valence-electron chi connectivity index (χ2n) is 9.10. The molecule has 1 amide bonds. The van der Waals surface area contributed by atoms with Crippen LogP contribution in [-0.2, 0) is 15.7 Å². The number of nitrogens with two attached hydrogens (primary N) is 1. The summed E-state index contributed by atoms with van der Waals surface area (Å²) in [6, 6.07) is 12.9. The van der Waals surface area contributed by atoms with Crippen molar-refractivity contribution in [1.82, 2.24) is 4.90 Å². The first kappa shape index (κ1) is 25.0. The second-order valence-corrected chi connectivity index (χ2v) is 10.0. The van der Waals surface area contributed by atoms with E-state index in [0.717, 1.165) is 22.2 Å². The lowest BCUT2D eigenvalue weighted by Crippen LogP contribution is -2.61. The summed E-state index contributed by atoms with van der Waals surface area (Å²) in [6.45, 7) is 3.48. The molecule has 0 spiro atoms. The maximum absolute atomic E-state index is 13.0. The highest BCUT2D eigenvalue weighted by molar-refractivity contribution is 9.10. The summed E-state index contributed by atoms with van der Waals surface area (Å²) >= 11 is 3.45. The Morgan fingerprint density at radius 2 is 2.00 bits per heavy atom. The number of hydrogen-bond acceptors (Lipinski definition) is 4. The van der Waals surface area contributed by atoms with E-state index < -0.39 is 23.2 Å². The number of carbonyl (C=O) groups is 1. The minimum atomic E-state index is -4.43. The van der Waals surface area contributed by atoms with E-state index >= 15 is 0 Å². The van der Waals surface area contributed by atoms with Gasteiger partial charge in [0.2, 0.25) is 5.91 Å². The van der Waals surface area contributed by atoms with Crippen molar-refractivity contribution >= 4 is 21.8 Å². The van der Waals surface area contributed by atoms with Crippen LogP contribution in [0.5, 0.6) is 5.75 Å². The average molecular weight is 541 g/mol. The van der Waals surface area contributed by atoms with Gasteiger partial charge in [-0.05, 0) is 48.7 Å². The number of carbonyl (C=O) groups excluding carboxylic acids is 1. The number of halogens is 4. The molecule has 0 aromatic heterocycles. The molecule has 0 radical (unpaired) electrons. The summed E-state index contributed by atoms with van der Waals surface area (Å²) in [5, 5.41) is 0. The van der Waals surface area contributed by atoms with Crippen LogP contribution >= 0.6 is 15.9 Å². The Morgan fingerprint density at radius 1 is 1.26 bits per heavy atom. The lowest BCUT2D eigenvalue weighted by molar-refractivity contribution is -0.142. The number of likely N-dealkylation sites (tertiary alicyclic amines) is 1. The Hall–Kier alpha value is -2.10. The van der Waals surface area contributed by atoms with Gasteiger partial charge in [-0.2, -0.15) is 13.2 Å². The van der Waals surface area contributed by atoms with Crippen molar-refractivity contribution in [3.05, 3.63) is 64.1 Å². The maximum Gasteiger partial charge on any atom is 0.416 e. The van der Waals surface area contributed by atoms with E-state index in [1.807, 2.05) is 29.2 Å². The topological polar surface area (TPSA) is 64.8 Å². The molecule has 2 aromatic carbocycles. The molecule has 0 bridgehead atoms. The van der Waals surface area contributed by atoms with Gasteiger partial charge in [0.15, 0.2) is 0 Å². The first-order chi connectivity index (χ1) is 16.1. The van der Waals surface area contributed by atoms with E-state index in [9.17, 15) is 18.0 Å². The monoisotopic (exact) mass is 540 g/mol. The Morgan fingerprint density at radius 3 is 2.68 bits per heavy atom. The van der Waals surface area contributed by atoms with Crippen molar-refractivity contribution in [2.24, 2.45) is 5.73 Å². The fourth-order valence-corrected chi connectivity index (χ4v) is 5.26. The number of rotatable bonds is 6. The molecule has 2 N–H and O–H groups in total. The van der Waals surface area contributed by atoms with Crippen LogP contribution in [0, 0.1) is 0 Å². The molecule has 2 aliphatic heterocycles. The molecule has 4 atom stereocenters. The molecule has 3 unspecified atom stereocenters. The number of ether oxygens (including phenoxy) is 2. The van der Waals surface area contributed by atoms with E-state index in [1.54, 1.807) is 0 Å². The summed E-state index contributed by atoms with van der Waals surface area (Å²) in [5.41, 5.74) is 5.45. The first-order valence-electron chi connectivity index (χ1n) is 11.3. The van der Waals surface area contributed by atoms with Crippen LogP contribution in [0.2, 0.25) is 0 Å². The normalized spacial score (nSPS) is 26.9. The molecule has 34 heavy (non-hydrogen) atoms. The zero-order valence-electron chi connectivity index (χ0n) is 18.9. The number of hydrogen-bond donors (Lipinski definition) is 1. The maximum atomic E-state index is 13.0. The average Bonchev–Trinajstić information content (AvgIpc) is 3.27. The molecule has 9 heteroatoms. The summed E-state index contributed by atoms with van der Waals surface area (Å²) in [7, 11) is 0. The van der Waals surface area contributed by atoms with E-state index in [4.69, 9.17) is 15.2 Å². The molecule has 0 aliphatic carbocycles. The number of nitrogens with zero attached hydrogens (tertiary/aromatic N) is 1. The van der Waals surface area contributed by atoms with Crippen LogP contribution in [0.15, 0.2) is 53.0 Å². The van der Waals surface area contributed by atoms with Crippen LogP contribution in [0.3, 0.4) is 0 Å². The van der Waals surface area contributed by atoms with Crippen molar-refractivity contribution < 1.29 is 27.4 Å². The third-order valence-corrected chi connectivity index (χ3v) is 7.54. The Balaban J connectivity index is 1.47. The van der Waals surface area contributed by atoms with Gasteiger partial charge in [-0.25, -0.2) is 0 Å². The summed E-state index contributed by atoms with van der Waals surface area (Å²) in [6.07, 6.45) is -3.42. The van der Waals surface area contributed by atoms with Crippen LogP contribution in [0.1, 0.15) is 43.2 Å². The van der Waals surface area contributed by atoms with E-state index in [-0.39, 0.29) is 23.9 Å². The van der Waals surface area contributed by atoms with Gasteiger partial charge in [-0.1, -0.05) is 41.1 Å². The summed E-state index contributed by atoms with van der Waals surface area (Å²) < 4.78 is 52.1. The largest absolute Gasteiger partial charge is 0.489 e. The van der Waals surface area contributed by atoms with E-state index in [1.165, 1.54) is 12.1 Å². The second kappa shape index (κ2) is 9.87. The number of primary amides is 1. The van der Waals surface area contributed by atoms with Crippen LogP contribution in [-0.4, -0.2) is 48.3 Å². The van der Waals surface area contributed by atoms with Crippen LogP contribution < -0.4 is 10.5 Å². The number of alkyl halides is 3. The molecular weight excluding hydrogens is 513 g/mol. The lowest BCUT2D eigenvalue weighted by Gasteiger charge is -2.46. The highest BCUT2D eigenvalue weighted by Crippen LogP contribution is 2.39. The summed E-state index contributed by atoms with van der Waals surface area (Å²) in [5.74, 6) is -0.168. The van der Waals surface area contributed by atoms with Crippen LogP contribution in [0.4, 0.5) is 13.2 Å². The molecule has 2 aromatic rings. The molecule has 4 rings (SSSR count). The molecular formula is C25H28BrF3N2O3. The van der Waals surface area contributed by atoms with E-state index in [2.05, 4.69) is 22.9 Å². The van der Waals surface area contributed by atoms with E-state index in [0.29, 0.717) is 39.0 Å². The molecule has 184 valence electrons. The number of amides is 1. The van der Waals surface area contributed by atoms with Crippen molar-refractivity contribution in [1.29, 1.82) is 0 Å². The van der Waals surface area contributed by atoms with Gasteiger partial charge >= 0.3 is 6.18 Å². The Kier molecular flexibility index (Phi) is 7.26. The number of benzene rings is 2. The van der Waals surface area contributed by atoms with Gasteiger partial charge in [0.25, 0.3) is 0 Å². The quantitative estimate of drug-likeness (QED) is 0.551. The zero-order valence-corrected chi connectivity index (χ0v) is 20.4. The highest BCUT2D eigenvalue weighted by atomic mass is 79.9. The van der Waals surface area contributed by atoms with Crippen molar-refractivity contribution in [3.8, 4) is 5.75 Å². The minimum absolute atomic E-state index is 0.0619. The summed E-state index contributed by atoms with van der Waals surface area (Å²) in [4.78, 5) is 14.8. The van der Waals surface area contributed by atoms with Crippen molar-refractivity contribution in [2.75, 3.05) is 19.7 Å². The van der Waals surface area contributed by atoms with Gasteiger partial charge < -0.3 is 15.2 Å². The SMILES string of the molecule is C[C@@H](c1ccc(Br)cc1)C1CC(C(N)=O)(N2CCC(Oc3cccc(C(F)(F)F)c3)C2)CCO1. The molecule has 2 aliphatic rings. The minimum Gasteiger partial charge on any atom is -0.489 e. The lowest BCUT2D eigenvalue weighted by atomic mass is 9.79. The first-order valence-corrected chi connectivity index (χ1v) is 12.1. The molecule has 0 saturated carbocycles. The van der Waals surface area contributed by atoms with Gasteiger partial charge in [0, 0.05) is 36.5 Å². The predicted octanol–water partition coefficient (Wildman–Crippen LogP) is 5.13. The Bertz CT molecular complexity index is 1020. The molecule has 5 nitrogen and oxygen atoms in total. The van der Waals surface area contributed by atoms with Gasteiger partial charge in [-0.3, -0.25) is 9.69 Å². The van der Waals surface area contributed by atoms with Crippen molar-refractivity contribution in [3.63, 3.8) is 0 Å². The van der Waals surface area contributed by atoms with Gasteiger partial charge in [-0.15, -0.1) is 0 Å². The van der Waals surface area contributed by atoms with Gasteiger partial charge in [0.1, 0.15) is 17.4 Å².